The van der Waals surface area contributed by atoms with E-state index in [0.717, 1.165) is 83.6 Å². The van der Waals surface area contributed by atoms with E-state index < -0.39 is 5.41 Å². The van der Waals surface area contributed by atoms with Crippen LogP contribution in [0.1, 0.15) is 50.9 Å². The molecular formula is C53H34N2O3. The number of rotatable bonds is 3. The van der Waals surface area contributed by atoms with Crippen LogP contribution in [0.3, 0.4) is 0 Å². The number of amidine groups is 1. The number of hydrogen-bond donors (Lipinski definition) is 1. The van der Waals surface area contributed by atoms with Gasteiger partial charge in [-0.1, -0.05) is 146 Å². The number of furan rings is 2. The zero-order valence-corrected chi connectivity index (χ0v) is 31.2. The van der Waals surface area contributed by atoms with E-state index >= 15 is 0 Å². The Bertz CT molecular complexity index is 3290. The average molecular weight is 747 g/mol. The van der Waals surface area contributed by atoms with Crippen LogP contribution >= 0.6 is 0 Å². The van der Waals surface area contributed by atoms with E-state index in [1.807, 2.05) is 24.3 Å². The first-order valence-corrected chi connectivity index (χ1v) is 20.0. The summed E-state index contributed by atoms with van der Waals surface area (Å²) in [6.07, 6.45) is 11.4. The van der Waals surface area contributed by atoms with E-state index in [9.17, 15) is 0 Å². The molecule has 0 bridgehead atoms. The van der Waals surface area contributed by atoms with Crippen LogP contribution in [0.4, 0.5) is 0 Å². The molecule has 4 heterocycles. The summed E-state index contributed by atoms with van der Waals surface area (Å²) in [6, 6.07) is 53.0. The molecule has 0 fully saturated rings. The van der Waals surface area contributed by atoms with Crippen molar-refractivity contribution >= 4 is 55.4 Å². The van der Waals surface area contributed by atoms with Gasteiger partial charge in [0.2, 0.25) is 0 Å². The number of benzene rings is 7. The number of ether oxygens (including phenoxy) is 1. The fourth-order valence-electron chi connectivity index (χ4n) is 10.6. The summed E-state index contributed by atoms with van der Waals surface area (Å²) in [5.41, 5.74) is 11.8. The summed E-state index contributed by atoms with van der Waals surface area (Å²) in [5, 5.41) is 8.33. The van der Waals surface area contributed by atoms with Crippen molar-refractivity contribution in [2.24, 2.45) is 10.9 Å². The predicted molar refractivity (Wildman–Crippen MR) is 232 cm³/mol. The molecule has 58 heavy (non-hydrogen) atoms. The van der Waals surface area contributed by atoms with E-state index in [4.69, 9.17) is 18.6 Å². The molecule has 0 saturated heterocycles. The molecule has 2 aliphatic heterocycles. The molecule has 274 valence electrons. The maximum Gasteiger partial charge on any atom is 0.144 e. The molecule has 9 aromatic rings. The maximum absolute atomic E-state index is 6.66. The molecule has 3 unspecified atom stereocenters. The standard InChI is InChI=1S/C53H34N2O3/c1-4-22-39-35(16-1)49-38(21-13-25-42(49)53(39)40-23-5-9-28-47(40)56-48-29-10-6-24-41(48)53)52-54-43(36-19-11-17-33-31-14-2-7-26-45(31)57-50(33)36)30-44(55-52)37-20-12-18-34-32-15-3-8-27-46(32)58-51(34)37/h1-30,35,39,43H,(H,54,55). The van der Waals surface area contributed by atoms with Crippen molar-refractivity contribution in [3.05, 3.63) is 221 Å². The second kappa shape index (κ2) is 11.8. The first kappa shape index (κ1) is 31.8. The van der Waals surface area contributed by atoms with Gasteiger partial charge in [-0.2, -0.15) is 0 Å². The van der Waals surface area contributed by atoms with Crippen LogP contribution < -0.4 is 10.1 Å². The third-order valence-electron chi connectivity index (χ3n) is 12.9. The van der Waals surface area contributed by atoms with Crippen LogP contribution in [-0.4, -0.2) is 5.84 Å². The molecule has 2 aromatic heterocycles. The van der Waals surface area contributed by atoms with Crippen LogP contribution in [0.15, 0.2) is 196 Å². The second-order valence-electron chi connectivity index (χ2n) is 15.7. The summed E-state index contributed by atoms with van der Waals surface area (Å²) < 4.78 is 19.9. The van der Waals surface area contributed by atoms with Gasteiger partial charge in [-0.15, -0.1) is 0 Å². The van der Waals surface area contributed by atoms with Crippen LogP contribution in [0.2, 0.25) is 0 Å². The number of allylic oxidation sites excluding steroid dienone is 4. The van der Waals surface area contributed by atoms with Gasteiger partial charge in [0, 0.05) is 61.2 Å². The van der Waals surface area contributed by atoms with Gasteiger partial charge in [0.25, 0.3) is 0 Å². The number of fused-ring (bicyclic) bond motifs is 15. The number of nitrogens with zero attached hydrogens (tertiary/aromatic N) is 1. The number of hydrogen-bond acceptors (Lipinski definition) is 5. The Morgan fingerprint density at radius 1 is 0.517 bits per heavy atom. The Hall–Kier alpha value is -7.37. The first-order valence-electron chi connectivity index (χ1n) is 20.0. The smallest absolute Gasteiger partial charge is 0.144 e. The Kier molecular flexibility index (Phi) is 6.48. The number of aliphatic imine (C=N–C) groups is 1. The van der Waals surface area contributed by atoms with Gasteiger partial charge in [-0.3, -0.25) is 0 Å². The first-order chi connectivity index (χ1) is 28.8. The van der Waals surface area contributed by atoms with E-state index in [2.05, 4.69) is 163 Å². The predicted octanol–water partition coefficient (Wildman–Crippen LogP) is 12.9. The summed E-state index contributed by atoms with van der Waals surface area (Å²) in [6.45, 7) is 0. The zero-order chi connectivity index (χ0) is 38.0. The minimum Gasteiger partial charge on any atom is -0.457 e. The van der Waals surface area contributed by atoms with E-state index in [1.165, 1.54) is 22.3 Å². The van der Waals surface area contributed by atoms with Gasteiger partial charge < -0.3 is 18.9 Å². The van der Waals surface area contributed by atoms with Crippen LogP contribution in [0.25, 0.3) is 49.6 Å². The lowest BCUT2D eigenvalue weighted by molar-refractivity contribution is 0.374. The second-order valence-corrected chi connectivity index (χ2v) is 15.7. The van der Waals surface area contributed by atoms with Crippen LogP contribution in [0, 0.1) is 5.92 Å². The minimum absolute atomic E-state index is 0.0883. The quantitative estimate of drug-likeness (QED) is 0.196. The van der Waals surface area contributed by atoms with Gasteiger partial charge in [0.1, 0.15) is 39.7 Å². The minimum atomic E-state index is -0.476. The highest BCUT2D eigenvalue weighted by Gasteiger charge is 2.57. The summed E-state index contributed by atoms with van der Waals surface area (Å²) in [7, 11) is 0. The molecule has 5 nitrogen and oxygen atoms in total. The van der Waals surface area contributed by atoms with Crippen molar-refractivity contribution in [1.82, 2.24) is 5.32 Å². The van der Waals surface area contributed by atoms with Crippen molar-refractivity contribution in [3.8, 4) is 11.5 Å². The molecule has 7 aromatic carbocycles. The van der Waals surface area contributed by atoms with Crippen molar-refractivity contribution in [2.75, 3.05) is 0 Å². The molecule has 1 spiro atoms. The molecule has 3 atom stereocenters. The van der Waals surface area contributed by atoms with Gasteiger partial charge in [0.05, 0.1) is 17.2 Å². The van der Waals surface area contributed by atoms with Crippen LogP contribution in [0.5, 0.6) is 11.5 Å². The lowest BCUT2D eigenvalue weighted by atomic mass is 9.62. The Morgan fingerprint density at radius 3 is 1.88 bits per heavy atom. The fraction of sp³-hybridized carbons (Fsp3) is 0.0755. The molecule has 5 heteroatoms. The lowest BCUT2D eigenvalue weighted by Crippen LogP contribution is -2.37. The Morgan fingerprint density at radius 2 is 1.10 bits per heavy atom. The highest BCUT2D eigenvalue weighted by Crippen LogP contribution is 2.65. The van der Waals surface area contributed by atoms with Gasteiger partial charge >= 0.3 is 0 Å². The average Bonchev–Trinajstić information content (AvgIpc) is 3.95. The Balaban J connectivity index is 1.07. The lowest BCUT2D eigenvalue weighted by Gasteiger charge is -2.43. The maximum atomic E-state index is 6.66. The van der Waals surface area contributed by atoms with Crippen molar-refractivity contribution < 1.29 is 13.6 Å². The van der Waals surface area contributed by atoms with Crippen molar-refractivity contribution in [1.29, 1.82) is 0 Å². The molecule has 0 radical (unpaired) electrons. The number of nitrogens with one attached hydrogen (secondary N) is 1. The van der Waals surface area contributed by atoms with Gasteiger partial charge in [-0.05, 0) is 47.5 Å². The molecule has 0 saturated carbocycles. The van der Waals surface area contributed by atoms with E-state index in [0.29, 0.717) is 0 Å². The molecular weight excluding hydrogens is 713 g/mol. The molecule has 2 aliphatic carbocycles. The molecule has 4 aliphatic rings. The molecule has 13 rings (SSSR count). The molecule has 0 amide bonds. The SMILES string of the molecule is C1=CC2c3c(C4=NC(c5cccc6c5oc5ccccc56)=CC(c5cccc6c5oc5ccccc56)N4)cccc3C3(c4ccccc4Oc4ccccc43)C2C=C1. The highest BCUT2D eigenvalue weighted by atomic mass is 16.5. The van der Waals surface area contributed by atoms with Gasteiger partial charge in [0.15, 0.2) is 0 Å². The third-order valence-corrected chi connectivity index (χ3v) is 12.9. The monoisotopic (exact) mass is 746 g/mol. The van der Waals surface area contributed by atoms with E-state index in [1.54, 1.807) is 0 Å². The van der Waals surface area contributed by atoms with E-state index in [-0.39, 0.29) is 17.9 Å². The third kappa shape index (κ3) is 4.22. The van der Waals surface area contributed by atoms with Crippen LogP contribution in [-0.2, 0) is 5.41 Å². The molecule has 1 N–H and O–H groups in total. The zero-order valence-electron chi connectivity index (χ0n) is 31.2. The fourth-order valence-corrected chi connectivity index (χ4v) is 10.6. The number of para-hydroxylation sites is 6. The summed E-state index contributed by atoms with van der Waals surface area (Å²) in [4.78, 5) is 5.59. The van der Waals surface area contributed by atoms with Crippen molar-refractivity contribution in [2.45, 2.75) is 17.4 Å². The largest absolute Gasteiger partial charge is 0.457 e. The van der Waals surface area contributed by atoms with Gasteiger partial charge in [-0.25, -0.2) is 4.99 Å². The van der Waals surface area contributed by atoms with Crippen molar-refractivity contribution in [3.63, 3.8) is 0 Å². The highest BCUT2D eigenvalue weighted by molar-refractivity contribution is 6.11. The summed E-state index contributed by atoms with van der Waals surface area (Å²) in [5.74, 6) is 2.82. The Labute approximate surface area is 333 Å². The normalized spacial score (nSPS) is 19.7. The summed E-state index contributed by atoms with van der Waals surface area (Å²) >= 11 is 0. The topological polar surface area (TPSA) is 59.9 Å².